The molecule has 0 aliphatic rings. The van der Waals surface area contributed by atoms with Crippen molar-refractivity contribution in [1.82, 2.24) is 19.9 Å². The van der Waals surface area contributed by atoms with Crippen LogP contribution < -0.4 is 11.0 Å². The molecule has 0 radical (unpaired) electrons. The molecule has 0 unspecified atom stereocenters. The van der Waals surface area contributed by atoms with E-state index in [9.17, 15) is 9.59 Å². The summed E-state index contributed by atoms with van der Waals surface area (Å²) in [5.74, 6) is -0.0328. The molecule has 0 bridgehead atoms. The van der Waals surface area contributed by atoms with Crippen LogP contribution in [0.25, 0.3) is 0 Å². The Morgan fingerprint density at radius 2 is 2.18 bits per heavy atom. The van der Waals surface area contributed by atoms with Crippen LogP contribution in [-0.2, 0) is 17.8 Å². The molecule has 22 heavy (non-hydrogen) atoms. The lowest BCUT2D eigenvalue weighted by Crippen LogP contribution is -2.33. The van der Waals surface area contributed by atoms with Gasteiger partial charge in [-0.05, 0) is 38.0 Å². The Kier molecular flexibility index (Phi) is 5.41. The molecule has 1 amide bonds. The normalized spacial score (nSPS) is 10.5. The Labute approximate surface area is 129 Å². The van der Waals surface area contributed by atoms with Crippen molar-refractivity contribution in [2.75, 3.05) is 6.54 Å². The summed E-state index contributed by atoms with van der Waals surface area (Å²) in [6.45, 7) is 4.49. The standard InChI is InChI=1S/C16H20N4O2/c1-12-10-13(2)20(16(22)19-12)9-8-18-15(21)6-5-14-4-3-7-17-11-14/h3-4,7,10-11H,5-6,8-9H2,1-2H3,(H,18,21). The number of hydrogen-bond donors (Lipinski definition) is 1. The van der Waals surface area contributed by atoms with E-state index < -0.39 is 0 Å². The third kappa shape index (κ3) is 4.51. The number of nitrogens with one attached hydrogen (secondary N) is 1. The van der Waals surface area contributed by atoms with Crippen LogP contribution in [-0.4, -0.2) is 27.0 Å². The van der Waals surface area contributed by atoms with Gasteiger partial charge in [-0.1, -0.05) is 6.07 Å². The van der Waals surface area contributed by atoms with Crippen molar-refractivity contribution in [2.24, 2.45) is 0 Å². The summed E-state index contributed by atoms with van der Waals surface area (Å²) in [7, 11) is 0. The van der Waals surface area contributed by atoms with Gasteiger partial charge in [0.25, 0.3) is 0 Å². The zero-order valence-corrected chi connectivity index (χ0v) is 12.9. The van der Waals surface area contributed by atoms with Gasteiger partial charge in [-0.3, -0.25) is 14.3 Å². The van der Waals surface area contributed by atoms with Crippen molar-refractivity contribution in [3.8, 4) is 0 Å². The van der Waals surface area contributed by atoms with Crippen molar-refractivity contribution in [2.45, 2.75) is 33.2 Å². The first-order valence-electron chi connectivity index (χ1n) is 7.27. The number of aromatic nitrogens is 3. The van der Waals surface area contributed by atoms with E-state index in [1.807, 2.05) is 25.1 Å². The highest BCUT2D eigenvalue weighted by molar-refractivity contribution is 5.76. The lowest BCUT2D eigenvalue weighted by Gasteiger charge is -2.10. The van der Waals surface area contributed by atoms with Crippen LogP contribution in [0.5, 0.6) is 0 Å². The first-order chi connectivity index (χ1) is 10.6. The predicted molar refractivity (Wildman–Crippen MR) is 83.5 cm³/mol. The minimum atomic E-state index is -0.276. The van der Waals surface area contributed by atoms with E-state index >= 15 is 0 Å². The van der Waals surface area contributed by atoms with Gasteiger partial charge in [0.2, 0.25) is 5.91 Å². The lowest BCUT2D eigenvalue weighted by atomic mass is 10.1. The smallest absolute Gasteiger partial charge is 0.348 e. The highest BCUT2D eigenvalue weighted by atomic mass is 16.2. The molecular weight excluding hydrogens is 280 g/mol. The summed E-state index contributed by atoms with van der Waals surface area (Å²) in [6, 6.07) is 5.65. The predicted octanol–water partition coefficient (Wildman–Crippen LogP) is 1.00. The Morgan fingerprint density at radius 1 is 1.36 bits per heavy atom. The van der Waals surface area contributed by atoms with Crippen LogP contribution in [0.3, 0.4) is 0 Å². The largest absolute Gasteiger partial charge is 0.354 e. The number of aryl methyl sites for hydroxylation is 3. The van der Waals surface area contributed by atoms with Gasteiger partial charge in [-0.15, -0.1) is 0 Å². The molecule has 0 aliphatic carbocycles. The molecule has 116 valence electrons. The number of pyridine rings is 1. The van der Waals surface area contributed by atoms with Crippen LogP contribution >= 0.6 is 0 Å². The van der Waals surface area contributed by atoms with Gasteiger partial charge in [-0.25, -0.2) is 4.79 Å². The molecule has 0 aliphatic heterocycles. The summed E-state index contributed by atoms with van der Waals surface area (Å²) >= 11 is 0. The molecule has 6 heteroatoms. The van der Waals surface area contributed by atoms with E-state index in [1.54, 1.807) is 23.9 Å². The van der Waals surface area contributed by atoms with Gasteiger partial charge in [0, 0.05) is 43.3 Å². The zero-order chi connectivity index (χ0) is 15.9. The maximum atomic E-state index is 11.8. The van der Waals surface area contributed by atoms with Crippen molar-refractivity contribution in [3.63, 3.8) is 0 Å². The summed E-state index contributed by atoms with van der Waals surface area (Å²) in [6.07, 6.45) is 4.53. The summed E-state index contributed by atoms with van der Waals surface area (Å²) < 4.78 is 1.56. The second kappa shape index (κ2) is 7.49. The highest BCUT2D eigenvalue weighted by Crippen LogP contribution is 2.00. The van der Waals surface area contributed by atoms with E-state index in [-0.39, 0.29) is 11.6 Å². The third-order valence-corrected chi connectivity index (χ3v) is 3.37. The molecule has 0 fully saturated rings. The third-order valence-electron chi connectivity index (χ3n) is 3.37. The van der Waals surface area contributed by atoms with Crippen LogP contribution in [0.4, 0.5) is 0 Å². The molecule has 2 rings (SSSR count). The number of nitrogens with zero attached hydrogens (tertiary/aromatic N) is 3. The molecule has 2 aromatic heterocycles. The first-order valence-corrected chi connectivity index (χ1v) is 7.27. The fraction of sp³-hybridized carbons (Fsp3) is 0.375. The Morgan fingerprint density at radius 3 is 2.86 bits per heavy atom. The molecule has 6 nitrogen and oxygen atoms in total. The molecule has 0 aromatic carbocycles. The Hall–Kier alpha value is -2.50. The Bertz CT molecular complexity index is 695. The number of rotatable bonds is 6. The van der Waals surface area contributed by atoms with E-state index in [2.05, 4.69) is 15.3 Å². The second-order valence-electron chi connectivity index (χ2n) is 5.18. The maximum absolute atomic E-state index is 11.8. The Balaban J connectivity index is 1.79. The average Bonchev–Trinajstić information content (AvgIpc) is 2.49. The second-order valence-corrected chi connectivity index (χ2v) is 5.18. The monoisotopic (exact) mass is 300 g/mol. The van der Waals surface area contributed by atoms with Crippen LogP contribution in [0.1, 0.15) is 23.4 Å². The van der Waals surface area contributed by atoms with Crippen molar-refractivity contribution < 1.29 is 4.79 Å². The molecule has 1 N–H and O–H groups in total. The summed E-state index contributed by atoms with van der Waals surface area (Å²) in [5, 5.41) is 2.82. The number of amides is 1. The molecule has 0 atom stereocenters. The topological polar surface area (TPSA) is 76.9 Å². The van der Waals surface area contributed by atoms with Crippen LogP contribution in [0.15, 0.2) is 35.4 Å². The number of hydrogen-bond acceptors (Lipinski definition) is 4. The van der Waals surface area contributed by atoms with Crippen molar-refractivity contribution in [3.05, 3.63) is 58.0 Å². The lowest BCUT2D eigenvalue weighted by molar-refractivity contribution is -0.121. The summed E-state index contributed by atoms with van der Waals surface area (Å²) in [4.78, 5) is 31.5. The zero-order valence-electron chi connectivity index (χ0n) is 12.9. The van der Waals surface area contributed by atoms with Gasteiger partial charge in [0.15, 0.2) is 0 Å². The molecule has 0 spiro atoms. The molecule has 0 saturated carbocycles. The molecular formula is C16H20N4O2. The van der Waals surface area contributed by atoms with E-state index in [0.717, 1.165) is 11.3 Å². The highest BCUT2D eigenvalue weighted by Gasteiger charge is 2.05. The fourth-order valence-corrected chi connectivity index (χ4v) is 2.25. The molecule has 2 aromatic rings. The summed E-state index contributed by atoms with van der Waals surface area (Å²) in [5.41, 5.74) is 2.32. The van der Waals surface area contributed by atoms with Crippen molar-refractivity contribution >= 4 is 5.91 Å². The van der Waals surface area contributed by atoms with Crippen LogP contribution in [0.2, 0.25) is 0 Å². The van der Waals surface area contributed by atoms with E-state index in [4.69, 9.17) is 0 Å². The van der Waals surface area contributed by atoms with Crippen LogP contribution in [0, 0.1) is 13.8 Å². The fourth-order valence-electron chi connectivity index (χ4n) is 2.25. The van der Waals surface area contributed by atoms with Crippen molar-refractivity contribution in [1.29, 1.82) is 0 Å². The minimum Gasteiger partial charge on any atom is -0.354 e. The SMILES string of the molecule is Cc1cc(C)n(CCNC(=O)CCc2cccnc2)c(=O)n1. The minimum absolute atomic E-state index is 0.0328. The van der Waals surface area contributed by atoms with E-state index in [1.165, 1.54) is 0 Å². The number of carbonyl (C=O) groups excluding carboxylic acids is 1. The van der Waals surface area contributed by atoms with Gasteiger partial charge < -0.3 is 5.32 Å². The van der Waals surface area contributed by atoms with Gasteiger partial charge in [0.1, 0.15) is 0 Å². The van der Waals surface area contributed by atoms with Gasteiger partial charge >= 0.3 is 5.69 Å². The molecule has 2 heterocycles. The molecule has 0 saturated heterocycles. The number of carbonyl (C=O) groups is 1. The quantitative estimate of drug-likeness (QED) is 0.863. The van der Waals surface area contributed by atoms with E-state index in [0.29, 0.717) is 31.6 Å². The maximum Gasteiger partial charge on any atom is 0.348 e. The van der Waals surface area contributed by atoms with Gasteiger partial charge in [-0.2, -0.15) is 4.98 Å². The average molecular weight is 300 g/mol. The first kappa shape index (κ1) is 15.9. The van der Waals surface area contributed by atoms with Gasteiger partial charge in [0.05, 0.1) is 0 Å².